The van der Waals surface area contributed by atoms with Gasteiger partial charge >= 0.3 is 0 Å². The lowest BCUT2D eigenvalue weighted by atomic mass is 10.1. The Kier molecular flexibility index (Phi) is 4.51. The maximum absolute atomic E-state index is 13.5. The Bertz CT molecular complexity index is 361. The van der Waals surface area contributed by atoms with E-state index in [0.29, 0.717) is 24.6 Å². The minimum absolute atomic E-state index is 0.200. The third kappa shape index (κ3) is 3.51. The van der Waals surface area contributed by atoms with Gasteiger partial charge in [0.2, 0.25) is 0 Å². The summed E-state index contributed by atoms with van der Waals surface area (Å²) in [5, 5.41) is 0. The smallest absolute Gasteiger partial charge is 0.128 e. The molecule has 94 valence electrons. The van der Waals surface area contributed by atoms with Crippen LogP contribution in [0.25, 0.3) is 0 Å². The number of ether oxygens (including phenoxy) is 1. The van der Waals surface area contributed by atoms with Crippen LogP contribution in [0.5, 0.6) is 0 Å². The molecule has 0 amide bonds. The summed E-state index contributed by atoms with van der Waals surface area (Å²) in [5.41, 5.74) is 7.10. The first-order valence-corrected chi connectivity index (χ1v) is 6.34. The van der Waals surface area contributed by atoms with Crippen LogP contribution in [0, 0.1) is 11.7 Å². The Morgan fingerprint density at radius 2 is 2.06 bits per heavy atom. The van der Waals surface area contributed by atoms with Crippen LogP contribution in [0.15, 0.2) is 18.2 Å². The maximum Gasteiger partial charge on any atom is 0.128 e. The molecule has 0 unspecified atom stereocenters. The molecule has 2 nitrogen and oxygen atoms in total. The molecular weight excluding hydrogens is 217 g/mol. The highest BCUT2D eigenvalue weighted by Gasteiger charge is 2.15. The number of benzene rings is 1. The van der Waals surface area contributed by atoms with E-state index in [1.54, 1.807) is 12.1 Å². The number of hydrogen-bond donors (Lipinski definition) is 1. The van der Waals surface area contributed by atoms with Crippen molar-refractivity contribution in [3.8, 4) is 0 Å². The normalized spacial score (nSPS) is 16.6. The zero-order chi connectivity index (χ0) is 12.1. The van der Waals surface area contributed by atoms with E-state index in [2.05, 4.69) is 0 Å². The summed E-state index contributed by atoms with van der Waals surface area (Å²) >= 11 is 0. The first kappa shape index (κ1) is 12.5. The van der Waals surface area contributed by atoms with Gasteiger partial charge < -0.3 is 10.5 Å². The summed E-state index contributed by atoms with van der Waals surface area (Å²) in [6.45, 7) is 1.55. The molecule has 0 heterocycles. The monoisotopic (exact) mass is 237 g/mol. The Balaban J connectivity index is 1.84. The Morgan fingerprint density at radius 3 is 2.76 bits per heavy atom. The second-order valence-electron chi connectivity index (χ2n) is 4.80. The van der Waals surface area contributed by atoms with Crippen LogP contribution < -0.4 is 5.73 Å². The van der Waals surface area contributed by atoms with Crippen LogP contribution in [0.3, 0.4) is 0 Å². The first-order valence-electron chi connectivity index (χ1n) is 6.34. The maximum atomic E-state index is 13.5. The van der Waals surface area contributed by atoms with Gasteiger partial charge in [-0.15, -0.1) is 0 Å². The zero-order valence-corrected chi connectivity index (χ0v) is 10.1. The molecule has 17 heavy (non-hydrogen) atoms. The average molecular weight is 237 g/mol. The SMILES string of the molecule is NCc1ccc(F)c(COCC2CCCC2)c1. The van der Waals surface area contributed by atoms with Crippen LogP contribution in [0.2, 0.25) is 0 Å². The minimum atomic E-state index is -0.200. The molecule has 1 fully saturated rings. The van der Waals surface area contributed by atoms with Gasteiger partial charge in [-0.1, -0.05) is 18.9 Å². The van der Waals surface area contributed by atoms with Crippen LogP contribution in [-0.4, -0.2) is 6.61 Å². The van der Waals surface area contributed by atoms with Gasteiger partial charge in [0.05, 0.1) is 6.61 Å². The summed E-state index contributed by atoms with van der Waals surface area (Å²) in [6, 6.07) is 4.98. The van der Waals surface area contributed by atoms with Crippen molar-refractivity contribution in [1.82, 2.24) is 0 Å². The van der Waals surface area contributed by atoms with Crippen molar-refractivity contribution < 1.29 is 9.13 Å². The van der Waals surface area contributed by atoms with E-state index in [0.717, 1.165) is 12.2 Å². The number of hydrogen-bond acceptors (Lipinski definition) is 2. The third-order valence-corrected chi connectivity index (χ3v) is 3.43. The summed E-state index contributed by atoms with van der Waals surface area (Å²) in [7, 11) is 0. The third-order valence-electron chi connectivity index (χ3n) is 3.43. The summed E-state index contributed by atoms with van der Waals surface area (Å²) < 4.78 is 19.1. The van der Waals surface area contributed by atoms with Gasteiger partial charge in [0.25, 0.3) is 0 Å². The Hall–Kier alpha value is -0.930. The van der Waals surface area contributed by atoms with E-state index in [1.807, 2.05) is 0 Å². The lowest BCUT2D eigenvalue weighted by Crippen LogP contribution is -2.07. The molecule has 1 aromatic carbocycles. The van der Waals surface area contributed by atoms with Gasteiger partial charge in [0, 0.05) is 18.7 Å². The standard InChI is InChI=1S/C14H20FNO/c15-14-6-5-12(8-16)7-13(14)10-17-9-11-3-1-2-4-11/h5-7,11H,1-4,8-10,16H2. The van der Waals surface area contributed by atoms with Crippen LogP contribution >= 0.6 is 0 Å². The van der Waals surface area contributed by atoms with Crippen molar-refractivity contribution in [3.63, 3.8) is 0 Å². The number of rotatable bonds is 5. The molecule has 0 spiro atoms. The van der Waals surface area contributed by atoms with Crippen molar-refractivity contribution in [3.05, 3.63) is 35.1 Å². The van der Waals surface area contributed by atoms with Gasteiger partial charge in [0.1, 0.15) is 5.82 Å². The average Bonchev–Trinajstić information content (AvgIpc) is 2.84. The predicted octanol–water partition coefficient (Wildman–Crippen LogP) is 2.99. The molecular formula is C14H20FNO. The Morgan fingerprint density at radius 1 is 1.29 bits per heavy atom. The molecule has 0 saturated heterocycles. The lowest BCUT2D eigenvalue weighted by molar-refractivity contribution is 0.0869. The summed E-state index contributed by atoms with van der Waals surface area (Å²) in [6.07, 6.45) is 5.13. The van der Waals surface area contributed by atoms with Crippen molar-refractivity contribution >= 4 is 0 Å². The highest BCUT2D eigenvalue weighted by molar-refractivity contribution is 5.24. The largest absolute Gasteiger partial charge is 0.376 e. The number of nitrogens with two attached hydrogens (primary N) is 1. The van der Waals surface area contributed by atoms with E-state index in [4.69, 9.17) is 10.5 Å². The topological polar surface area (TPSA) is 35.2 Å². The van der Waals surface area contributed by atoms with Crippen LogP contribution in [0.1, 0.15) is 36.8 Å². The molecule has 1 aliphatic carbocycles. The van der Waals surface area contributed by atoms with E-state index < -0.39 is 0 Å². The lowest BCUT2D eigenvalue weighted by Gasteiger charge is -2.11. The van der Waals surface area contributed by atoms with E-state index in [9.17, 15) is 4.39 Å². The van der Waals surface area contributed by atoms with Crippen molar-refractivity contribution in [2.45, 2.75) is 38.8 Å². The van der Waals surface area contributed by atoms with Crippen molar-refractivity contribution in [1.29, 1.82) is 0 Å². The van der Waals surface area contributed by atoms with Crippen LogP contribution in [0.4, 0.5) is 4.39 Å². The molecule has 1 saturated carbocycles. The highest BCUT2D eigenvalue weighted by Crippen LogP contribution is 2.25. The fourth-order valence-electron chi connectivity index (χ4n) is 2.38. The molecule has 0 atom stereocenters. The fraction of sp³-hybridized carbons (Fsp3) is 0.571. The van der Waals surface area contributed by atoms with Gasteiger partial charge in [-0.2, -0.15) is 0 Å². The van der Waals surface area contributed by atoms with Crippen molar-refractivity contribution in [2.75, 3.05) is 6.61 Å². The predicted molar refractivity (Wildman–Crippen MR) is 65.9 cm³/mol. The van der Waals surface area contributed by atoms with Crippen molar-refractivity contribution in [2.24, 2.45) is 11.7 Å². The molecule has 0 aromatic heterocycles. The molecule has 0 aliphatic heterocycles. The second-order valence-corrected chi connectivity index (χ2v) is 4.80. The van der Waals surface area contributed by atoms with Gasteiger partial charge in [0.15, 0.2) is 0 Å². The van der Waals surface area contributed by atoms with E-state index in [-0.39, 0.29) is 5.82 Å². The Labute approximate surface area is 102 Å². The van der Waals surface area contributed by atoms with E-state index in [1.165, 1.54) is 31.7 Å². The highest BCUT2D eigenvalue weighted by atomic mass is 19.1. The fourth-order valence-corrected chi connectivity index (χ4v) is 2.38. The molecule has 3 heteroatoms. The number of halogens is 1. The quantitative estimate of drug-likeness (QED) is 0.854. The molecule has 2 N–H and O–H groups in total. The van der Waals surface area contributed by atoms with Gasteiger partial charge in [-0.3, -0.25) is 0 Å². The first-order chi connectivity index (χ1) is 8.29. The minimum Gasteiger partial charge on any atom is -0.376 e. The van der Waals surface area contributed by atoms with Gasteiger partial charge in [-0.05, 0) is 36.5 Å². The molecule has 0 bridgehead atoms. The van der Waals surface area contributed by atoms with Gasteiger partial charge in [-0.25, -0.2) is 4.39 Å². The zero-order valence-electron chi connectivity index (χ0n) is 10.1. The molecule has 1 aliphatic rings. The van der Waals surface area contributed by atoms with Crippen LogP contribution in [-0.2, 0) is 17.9 Å². The second kappa shape index (κ2) is 6.12. The molecule has 0 radical (unpaired) electrons. The summed E-state index contributed by atoms with van der Waals surface area (Å²) in [5.74, 6) is 0.476. The van der Waals surface area contributed by atoms with E-state index >= 15 is 0 Å². The molecule has 2 rings (SSSR count). The molecule has 1 aromatic rings. The summed E-state index contributed by atoms with van der Waals surface area (Å²) in [4.78, 5) is 0.